The Balaban J connectivity index is 1.55. The molecule has 10 heteroatoms. The van der Waals surface area contributed by atoms with E-state index in [4.69, 9.17) is 9.47 Å². The molecule has 0 spiro atoms. The lowest BCUT2D eigenvalue weighted by atomic mass is 9.61. The van der Waals surface area contributed by atoms with Gasteiger partial charge in [-0.1, -0.05) is 0 Å². The zero-order valence-electron chi connectivity index (χ0n) is 18.1. The molecule has 3 atom stereocenters. The number of carbonyl (C=O) groups is 1. The molecule has 0 bridgehead atoms. The van der Waals surface area contributed by atoms with Gasteiger partial charge in [-0.2, -0.15) is 9.37 Å². The molecule has 2 saturated heterocycles. The highest BCUT2D eigenvalue weighted by atomic mass is 19.1. The molecular formula is C21H32FN5O4. The van der Waals surface area contributed by atoms with E-state index in [1.807, 2.05) is 4.90 Å². The number of aliphatic hydroxyl groups excluding tert-OH is 1. The predicted molar refractivity (Wildman–Crippen MR) is 111 cm³/mol. The number of fused-ring (bicyclic) bond motifs is 1. The molecule has 3 fully saturated rings. The minimum atomic E-state index is -0.609. The van der Waals surface area contributed by atoms with E-state index >= 15 is 0 Å². The van der Waals surface area contributed by atoms with Crippen LogP contribution in [0.3, 0.4) is 0 Å². The average Bonchev–Trinajstić information content (AvgIpc) is 2.82. The minimum Gasteiger partial charge on any atom is -0.479 e. The van der Waals surface area contributed by atoms with Crippen LogP contribution >= 0.6 is 0 Å². The van der Waals surface area contributed by atoms with Crippen molar-refractivity contribution in [2.45, 2.75) is 31.7 Å². The van der Waals surface area contributed by atoms with Gasteiger partial charge in [0.1, 0.15) is 0 Å². The molecule has 1 saturated carbocycles. The van der Waals surface area contributed by atoms with E-state index in [1.165, 1.54) is 7.11 Å². The van der Waals surface area contributed by atoms with E-state index in [1.54, 1.807) is 0 Å². The second-order valence-corrected chi connectivity index (χ2v) is 8.65. The first-order valence-corrected chi connectivity index (χ1v) is 11.1. The number of nitrogens with zero attached hydrogens (tertiary/aromatic N) is 4. The maximum absolute atomic E-state index is 13.8. The Bertz CT molecular complexity index is 778. The third-order valence-electron chi connectivity index (χ3n) is 7.07. The number of carbonyl (C=O) groups excluding carboxylic acids is 1. The van der Waals surface area contributed by atoms with Crippen LogP contribution < -0.4 is 15.0 Å². The van der Waals surface area contributed by atoms with Crippen molar-refractivity contribution >= 4 is 11.9 Å². The first kappa shape index (κ1) is 22.2. The van der Waals surface area contributed by atoms with E-state index in [2.05, 4.69) is 20.2 Å². The zero-order chi connectivity index (χ0) is 21.8. The van der Waals surface area contributed by atoms with Gasteiger partial charge < -0.3 is 24.8 Å². The summed E-state index contributed by atoms with van der Waals surface area (Å²) in [5.41, 5.74) is -0.582. The van der Waals surface area contributed by atoms with Crippen molar-refractivity contribution in [2.75, 3.05) is 64.6 Å². The van der Waals surface area contributed by atoms with Crippen LogP contribution in [0, 0.1) is 17.2 Å². The lowest BCUT2D eigenvalue weighted by Crippen LogP contribution is -2.61. The molecule has 172 valence electrons. The van der Waals surface area contributed by atoms with Gasteiger partial charge in [-0.15, -0.1) is 0 Å². The number of morpholine rings is 1. The van der Waals surface area contributed by atoms with Gasteiger partial charge in [0, 0.05) is 38.8 Å². The minimum absolute atomic E-state index is 0.0224. The molecule has 1 aliphatic carbocycles. The summed E-state index contributed by atoms with van der Waals surface area (Å²) >= 11 is 0. The van der Waals surface area contributed by atoms with Crippen LogP contribution in [0.2, 0.25) is 0 Å². The van der Waals surface area contributed by atoms with Crippen molar-refractivity contribution in [1.82, 2.24) is 20.2 Å². The highest BCUT2D eigenvalue weighted by Crippen LogP contribution is 2.48. The maximum atomic E-state index is 13.8. The Kier molecular flexibility index (Phi) is 6.88. The number of ether oxygens (including phenoxy) is 2. The standard InChI is InChI=1S/C21H32FN5O4/c1-30-18-17(22)13-24-20(25-18)27-6-3-15-12-16(26-7-10-31-11-8-26)2-4-21(15,14-27)19(29)23-5-9-28/h13,15-16,28H,2-12,14H2,1H3,(H,23,29)/t15-,16+,21-/m1/s1. The number of amides is 1. The fourth-order valence-electron chi connectivity index (χ4n) is 5.43. The molecule has 1 aromatic heterocycles. The van der Waals surface area contributed by atoms with Crippen molar-refractivity contribution in [3.05, 3.63) is 12.0 Å². The molecule has 31 heavy (non-hydrogen) atoms. The number of hydrogen-bond acceptors (Lipinski definition) is 8. The third kappa shape index (κ3) is 4.47. The number of methoxy groups -OCH3 is 1. The van der Waals surface area contributed by atoms with E-state index in [-0.39, 0.29) is 30.9 Å². The summed E-state index contributed by atoms with van der Waals surface area (Å²) in [7, 11) is 1.37. The number of aliphatic hydroxyl groups is 1. The summed E-state index contributed by atoms with van der Waals surface area (Å²) in [4.78, 5) is 26.2. The van der Waals surface area contributed by atoms with Gasteiger partial charge >= 0.3 is 0 Å². The molecule has 2 N–H and O–H groups in total. The molecular weight excluding hydrogens is 405 g/mol. The lowest BCUT2D eigenvalue weighted by molar-refractivity contribution is -0.139. The van der Waals surface area contributed by atoms with Gasteiger partial charge in [0.25, 0.3) is 5.88 Å². The maximum Gasteiger partial charge on any atom is 0.255 e. The molecule has 0 unspecified atom stereocenters. The first-order valence-electron chi connectivity index (χ1n) is 11.1. The summed E-state index contributed by atoms with van der Waals surface area (Å²) in [6.07, 6.45) is 4.60. The van der Waals surface area contributed by atoms with Crippen LogP contribution in [0.4, 0.5) is 10.3 Å². The van der Waals surface area contributed by atoms with Crippen molar-refractivity contribution in [2.24, 2.45) is 11.3 Å². The van der Waals surface area contributed by atoms with Gasteiger partial charge in [-0.05, 0) is 31.6 Å². The van der Waals surface area contributed by atoms with Crippen LogP contribution in [0.1, 0.15) is 25.7 Å². The number of rotatable bonds is 6. The normalized spacial score (nSPS) is 29.3. The molecule has 3 aliphatic rings. The number of aromatic nitrogens is 2. The topological polar surface area (TPSA) is 100 Å². The second kappa shape index (κ2) is 9.62. The Morgan fingerprint density at radius 3 is 2.94 bits per heavy atom. The third-order valence-corrected chi connectivity index (χ3v) is 7.07. The van der Waals surface area contributed by atoms with Gasteiger partial charge in [0.05, 0.1) is 38.5 Å². The number of halogens is 1. The van der Waals surface area contributed by atoms with Crippen molar-refractivity contribution in [1.29, 1.82) is 0 Å². The molecule has 3 heterocycles. The van der Waals surface area contributed by atoms with Gasteiger partial charge in [0.15, 0.2) is 0 Å². The lowest BCUT2D eigenvalue weighted by Gasteiger charge is -2.53. The number of hydrogen-bond donors (Lipinski definition) is 2. The quantitative estimate of drug-likeness (QED) is 0.661. The van der Waals surface area contributed by atoms with Crippen molar-refractivity contribution in [3.63, 3.8) is 0 Å². The summed E-state index contributed by atoms with van der Waals surface area (Å²) in [5.74, 6) is -0.122. The first-order chi connectivity index (χ1) is 15.1. The Labute approximate surface area is 181 Å². The van der Waals surface area contributed by atoms with E-state index < -0.39 is 11.2 Å². The number of nitrogens with one attached hydrogen (secondary N) is 1. The van der Waals surface area contributed by atoms with Crippen molar-refractivity contribution < 1.29 is 23.8 Å². The zero-order valence-corrected chi connectivity index (χ0v) is 18.1. The fraction of sp³-hybridized carbons (Fsp3) is 0.762. The Morgan fingerprint density at radius 1 is 1.39 bits per heavy atom. The van der Waals surface area contributed by atoms with Gasteiger partial charge in [-0.3, -0.25) is 9.69 Å². The number of piperidine rings is 1. The molecule has 4 rings (SSSR count). The largest absolute Gasteiger partial charge is 0.479 e. The van der Waals surface area contributed by atoms with Crippen LogP contribution in [0.25, 0.3) is 0 Å². The molecule has 2 aliphatic heterocycles. The van der Waals surface area contributed by atoms with E-state index in [0.29, 0.717) is 25.1 Å². The average molecular weight is 438 g/mol. The summed E-state index contributed by atoms with van der Waals surface area (Å²) in [6.45, 7) is 4.73. The predicted octanol–water partition coefficient (Wildman–Crippen LogP) is 0.430. The van der Waals surface area contributed by atoms with Crippen LogP contribution in [0.15, 0.2) is 6.20 Å². The fourth-order valence-corrected chi connectivity index (χ4v) is 5.43. The molecule has 0 radical (unpaired) electrons. The van der Waals surface area contributed by atoms with Crippen molar-refractivity contribution in [3.8, 4) is 5.88 Å². The second-order valence-electron chi connectivity index (χ2n) is 8.65. The SMILES string of the molecule is COc1nc(N2CC[C@@H]3C[C@@H](N4CCOCC4)CC[C@@]3(C(=O)NCCO)C2)ncc1F. The highest BCUT2D eigenvalue weighted by Gasteiger charge is 2.53. The summed E-state index contributed by atoms with van der Waals surface area (Å²) in [5, 5.41) is 12.1. The van der Waals surface area contributed by atoms with E-state index in [9.17, 15) is 14.3 Å². The molecule has 1 amide bonds. The van der Waals surface area contributed by atoms with Gasteiger partial charge in [0.2, 0.25) is 17.7 Å². The van der Waals surface area contributed by atoms with Crippen LogP contribution in [-0.2, 0) is 9.53 Å². The highest BCUT2D eigenvalue weighted by molar-refractivity contribution is 5.84. The van der Waals surface area contributed by atoms with Gasteiger partial charge in [-0.25, -0.2) is 4.98 Å². The summed E-state index contributed by atoms with van der Waals surface area (Å²) in [6, 6.07) is 0.460. The smallest absolute Gasteiger partial charge is 0.255 e. The summed E-state index contributed by atoms with van der Waals surface area (Å²) < 4.78 is 24.3. The molecule has 1 aromatic rings. The van der Waals surface area contributed by atoms with Crippen LogP contribution in [-0.4, -0.2) is 91.6 Å². The monoisotopic (exact) mass is 437 g/mol. The molecule has 0 aromatic carbocycles. The Morgan fingerprint density at radius 2 is 2.19 bits per heavy atom. The molecule has 9 nitrogen and oxygen atoms in total. The van der Waals surface area contributed by atoms with Crippen LogP contribution in [0.5, 0.6) is 5.88 Å². The van der Waals surface area contributed by atoms with E-state index in [0.717, 1.165) is 58.2 Å². The number of anilines is 1. The Hall–Kier alpha value is -2.04.